The molecule has 1 aliphatic heterocycles. The van der Waals surface area contributed by atoms with E-state index in [1.54, 1.807) is 12.1 Å². The molecule has 0 aliphatic carbocycles. The van der Waals surface area contributed by atoms with Crippen molar-refractivity contribution in [3.05, 3.63) is 39.9 Å². The Morgan fingerprint density at radius 3 is 2.67 bits per heavy atom. The number of rotatable bonds is 6. The van der Waals surface area contributed by atoms with Crippen LogP contribution in [0.4, 0.5) is 5.69 Å². The molecule has 1 amide bonds. The van der Waals surface area contributed by atoms with E-state index >= 15 is 0 Å². The van der Waals surface area contributed by atoms with Crippen LogP contribution in [0.1, 0.15) is 31.7 Å². The van der Waals surface area contributed by atoms with E-state index in [0.717, 1.165) is 31.4 Å². The van der Waals surface area contributed by atoms with Gasteiger partial charge in [0.15, 0.2) is 0 Å². The molecule has 1 aromatic carbocycles. The zero-order valence-corrected chi connectivity index (χ0v) is 12.2. The van der Waals surface area contributed by atoms with Gasteiger partial charge in [-0.3, -0.25) is 14.9 Å². The predicted octanol–water partition coefficient (Wildman–Crippen LogP) is 1.79. The van der Waals surface area contributed by atoms with E-state index in [-0.39, 0.29) is 11.6 Å². The minimum Gasteiger partial charge on any atom is -0.354 e. The third-order valence-electron chi connectivity index (χ3n) is 4.13. The number of nitro benzene ring substituents is 1. The van der Waals surface area contributed by atoms with Gasteiger partial charge in [0.1, 0.15) is 0 Å². The van der Waals surface area contributed by atoms with Gasteiger partial charge in [0, 0.05) is 18.7 Å². The summed E-state index contributed by atoms with van der Waals surface area (Å²) in [5.41, 5.74) is 0.656. The minimum atomic E-state index is -0.414. The number of hydrogen-bond acceptors (Lipinski definition) is 4. The van der Waals surface area contributed by atoms with Crippen LogP contribution >= 0.6 is 0 Å². The van der Waals surface area contributed by atoms with Crippen LogP contribution in [-0.4, -0.2) is 29.5 Å². The van der Waals surface area contributed by atoms with Crippen LogP contribution in [0.15, 0.2) is 24.3 Å². The summed E-state index contributed by atoms with van der Waals surface area (Å²) < 4.78 is 0. The molecule has 1 aromatic rings. The SMILES string of the molecule is CCC1(C(=O)NCCc2ccc([N+](=O)[O-])cc2)CCCN1. The molecular weight excluding hydrogens is 270 g/mol. The Labute approximate surface area is 124 Å². The van der Waals surface area contributed by atoms with Crippen molar-refractivity contribution < 1.29 is 9.72 Å². The highest BCUT2D eigenvalue weighted by molar-refractivity contribution is 5.86. The molecule has 0 spiro atoms. The highest BCUT2D eigenvalue weighted by Crippen LogP contribution is 2.23. The van der Waals surface area contributed by atoms with Gasteiger partial charge < -0.3 is 10.6 Å². The van der Waals surface area contributed by atoms with Crippen molar-refractivity contribution in [2.24, 2.45) is 0 Å². The van der Waals surface area contributed by atoms with Crippen molar-refractivity contribution in [2.75, 3.05) is 13.1 Å². The lowest BCUT2D eigenvalue weighted by atomic mass is 9.93. The number of carbonyl (C=O) groups excluding carboxylic acids is 1. The maximum atomic E-state index is 12.3. The van der Waals surface area contributed by atoms with E-state index in [2.05, 4.69) is 10.6 Å². The molecule has 1 unspecified atom stereocenters. The highest BCUT2D eigenvalue weighted by Gasteiger charge is 2.38. The number of hydrogen-bond donors (Lipinski definition) is 2. The Kier molecular flexibility index (Phi) is 4.90. The number of benzene rings is 1. The molecule has 1 heterocycles. The topological polar surface area (TPSA) is 84.3 Å². The van der Waals surface area contributed by atoms with Gasteiger partial charge in [-0.25, -0.2) is 0 Å². The largest absolute Gasteiger partial charge is 0.354 e. The Hall–Kier alpha value is -1.95. The van der Waals surface area contributed by atoms with Crippen molar-refractivity contribution in [2.45, 2.75) is 38.1 Å². The number of amides is 1. The second-order valence-corrected chi connectivity index (χ2v) is 5.40. The van der Waals surface area contributed by atoms with Gasteiger partial charge in [-0.15, -0.1) is 0 Å². The first kappa shape index (κ1) is 15.4. The lowest BCUT2D eigenvalue weighted by Gasteiger charge is -2.26. The summed E-state index contributed by atoms with van der Waals surface area (Å²) in [5.74, 6) is 0.0596. The lowest BCUT2D eigenvalue weighted by molar-refractivity contribution is -0.384. The number of nitro groups is 1. The summed E-state index contributed by atoms with van der Waals surface area (Å²) in [6.45, 7) is 3.46. The van der Waals surface area contributed by atoms with Crippen LogP contribution in [-0.2, 0) is 11.2 Å². The fourth-order valence-corrected chi connectivity index (χ4v) is 2.74. The fourth-order valence-electron chi connectivity index (χ4n) is 2.74. The van der Waals surface area contributed by atoms with Gasteiger partial charge in [-0.1, -0.05) is 19.1 Å². The number of nitrogens with zero attached hydrogens (tertiary/aromatic N) is 1. The van der Waals surface area contributed by atoms with Crippen LogP contribution < -0.4 is 10.6 Å². The smallest absolute Gasteiger partial charge is 0.269 e. The van der Waals surface area contributed by atoms with Gasteiger partial charge >= 0.3 is 0 Å². The maximum absolute atomic E-state index is 12.3. The second-order valence-electron chi connectivity index (χ2n) is 5.40. The molecule has 1 saturated heterocycles. The zero-order chi connectivity index (χ0) is 15.3. The first-order valence-electron chi connectivity index (χ1n) is 7.34. The van der Waals surface area contributed by atoms with E-state index in [1.807, 2.05) is 6.92 Å². The first-order chi connectivity index (χ1) is 10.1. The summed E-state index contributed by atoms with van der Waals surface area (Å²) >= 11 is 0. The Bertz CT molecular complexity index is 507. The van der Waals surface area contributed by atoms with Crippen LogP contribution in [0.5, 0.6) is 0 Å². The van der Waals surface area contributed by atoms with E-state index in [0.29, 0.717) is 13.0 Å². The summed E-state index contributed by atoms with van der Waals surface area (Å²) in [6, 6.07) is 6.44. The molecule has 0 bridgehead atoms. The normalized spacial score (nSPS) is 21.2. The molecule has 6 heteroatoms. The van der Waals surface area contributed by atoms with Gasteiger partial charge in [0.05, 0.1) is 10.5 Å². The number of nitrogens with one attached hydrogen (secondary N) is 2. The average molecular weight is 291 g/mol. The Morgan fingerprint density at radius 1 is 1.43 bits per heavy atom. The zero-order valence-electron chi connectivity index (χ0n) is 12.2. The molecule has 2 rings (SSSR count). The number of non-ortho nitro benzene ring substituents is 1. The summed E-state index contributed by atoms with van der Waals surface area (Å²) in [6.07, 6.45) is 3.37. The molecule has 0 radical (unpaired) electrons. The van der Waals surface area contributed by atoms with Crippen molar-refractivity contribution >= 4 is 11.6 Å². The van der Waals surface area contributed by atoms with Crippen molar-refractivity contribution in [1.29, 1.82) is 0 Å². The lowest BCUT2D eigenvalue weighted by Crippen LogP contribution is -2.53. The van der Waals surface area contributed by atoms with Gasteiger partial charge in [-0.2, -0.15) is 0 Å². The summed E-state index contributed by atoms with van der Waals surface area (Å²) in [5, 5.41) is 16.8. The minimum absolute atomic E-state index is 0.0596. The van der Waals surface area contributed by atoms with Crippen LogP contribution in [0.3, 0.4) is 0 Å². The van der Waals surface area contributed by atoms with Gasteiger partial charge in [-0.05, 0) is 37.8 Å². The Balaban J connectivity index is 1.83. The van der Waals surface area contributed by atoms with E-state index in [4.69, 9.17) is 0 Å². The molecule has 1 fully saturated rings. The van der Waals surface area contributed by atoms with E-state index in [9.17, 15) is 14.9 Å². The Morgan fingerprint density at radius 2 is 2.14 bits per heavy atom. The van der Waals surface area contributed by atoms with Crippen molar-refractivity contribution in [3.8, 4) is 0 Å². The summed E-state index contributed by atoms with van der Waals surface area (Å²) in [7, 11) is 0. The number of carbonyl (C=O) groups is 1. The average Bonchev–Trinajstić information content (AvgIpc) is 2.98. The monoisotopic (exact) mass is 291 g/mol. The van der Waals surface area contributed by atoms with Crippen LogP contribution in [0.2, 0.25) is 0 Å². The third-order valence-corrected chi connectivity index (χ3v) is 4.13. The molecule has 1 atom stereocenters. The molecule has 0 aromatic heterocycles. The van der Waals surface area contributed by atoms with Crippen molar-refractivity contribution in [3.63, 3.8) is 0 Å². The second kappa shape index (κ2) is 6.67. The van der Waals surface area contributed by atoms with Gasteiger partial charge in [0.2, 0.25) is 5.91 Å². The van der Waals surface area contributed by atoms with E-state index < -0.39 is 10.5 Å². The quantitative estimate of drug-likeness (QED) is 0.618. The van der Waals surface area contributed by atoms with Crippen LogP contribution in [0, 0.1) is 10.1 Å². The molecule has 114 valence electrons. The molecule has 0 saturated carbocycles. The van der Waals surface area contributed by atoms with Crippen molar-refractivity contribution in [1.82, 2.24) is 10.6 Å². The van der Waals surface area contributed by atoms with E-state index in [1.165, 1.54) is 12.1 Å². The molecule has 21 heavy (non-hydrogen) atoms. The first-order valence-corrected chi connectivity index (χ1v) is 7.34. The fraction of sp³-hybridized carbons (Fsp3) is 0.533. The molecular formula is C15H21N3O3. The molecule has 1 aliphatic rings. The standard InChI is InChI=1S/C15H21N3O3/c1-2-15(9-3-10-17-15)14(19)16-11-8-12-4-6-13(7-5-12)18(20)21/h4-7,17H,2-3,8-11H2,1H3,(H,16,19). The third kappa shape index (κ3) is 3.58. The molecule has 2 N–H and O–H groups in total. The van der Waals surface area contributed by atoms with Crippen LogP contribution in [0.25, 0.3) is 0 Å². The predicted molar refractivity (Wildman–Crippen MR) is 80.1 cm³/mol. The summed E-state index contributed by atoms with van der Waals surface area (Å²) in [4.78, 5) is 22.4. The van der Waals surface area contributed by atoms with Gasteiger partial charge in [0.25, 0.3) is 5.69 Å². The molecule has 6 nitrogen and oxygen atoms in total. The maximum Gasteiger partial charge on any atom is 0.269 e. The highest BCUT2D eigenvalue weighted by atomic mass is 16.6.